The van der Waals surface area contributed by atoms with Gasteiger partial charge in [-0.2, -0.15) is 11.8 Å². The van der Waals surface area contributed by atoms with Crippen molar-refractivity contribution in [3.63, 3.8) is 0 Å². The zero-order valence-electron chi connectivity index (χ0n) is 18.2. The van der Waals surface area contributed by atoms with Crippen LogP contribution in [0.4, 0.5) is 0 Å². The monoisotopic (exact) mass is 443 g/mol. The van der Waals surface area contributed by atoms with Crippen LogP contribution in [-0.2, 0) is 0 Å². The molecule has 4 heteroatoms. The Morgan fingerprint density at radius 3 is 2.45 bits per heavy atom. The van der Waals surface area contributed by atoms with Gasteiger partial charge in [-0.3, -0.25) is 0 Å². The van der Waals surface area contributed by atoms with E-state index in [1.54, 1.807) is 23.1 Å². The summed E-state index contributed by atoms with van der Waals surface area (Å²) >= 11 is 5.48. The minimum absolute atomic E-state index is 0. The lowest BCUT2D eigenvalue weighted by atomic mass is 10.1. The van der Waals surface area contributed by atoms with Gasteiger partial charge in [0.1, 0.15) is 5.01 Å². The lowest BCUT2D eigenvalue weighted by molar-refractivity contribution is 1.10. The highest BCUT2D eigenvalue weighted by molar-refractivity contribution is 8.08. The standard InChI is InChI=1S/C23H25NS3.C2H6.H2/c1-5-21(27-22-10-8-7-9-16(22)3)20-15-26-23(24-20)19-13-11-18(12-14-19)17(4)25-6-2;1-2;/h5,7-15,17H,6H2,1-4H3;1-2H3;1H/b21-5+;;. The van der Waals surface area contributed by atoms with Crippen molar-refractivity contribution in [1.82, 2.24) is 4.98 Å². The molecule has 1 nitrogen and oxygen atoms in total. The van der Waals surface area contributed by atoms with Crippen LogP contribution in [0, 0.1) is 6.92 Å². The molecule has 3 rings (SSSR count). The lowest BCUT2D eigenvalue weighted by Gasteiger charge is -2.10. The zero-order valence-corrected chi connectivity index (χ0v) is 20.7. The second kappa shape index (κ2) is 12.3. The molecule has 29 heavy (non-hydrogen) atoms. The van der Waals surface area contributed by atoms with Crippen LogP contribution in [-0.4, -0.2) is 10.7 Å². The number of nitrogens with zero attached hydrogens (tertiary/aromatic N) is 1. The number of benzene rings is 2. The van der Waals surface area contributed by atoms with Crippen molar-refractivity contribution in [2.75, 3.05) is 5.75 Å². The van der Waals surface area contributed by atoms with E-state index in [0.717, 1.165) is 16.5 Å². The molecule has 3 aromatic rings. The lowest BCUT2D eigenvalue weighted by Crippen LogP contribution is -1.89. The number of aryl methyl sites for hydroxylation is 1. The highest BCUT2D eigenvalue weighted by Crippen LogP contribution is 2.38. The van der Waals surface area contributed by atoms with Crippen LogP contribution in [0.1, 0.15) is 58.1 Å². The van der Waals surface area contributed by atoms with Gasteiger partial charge >= 0.3 is 0 Å². The average molecular weight is 444 g/mol. The molecule has 1 aromatic heterocycles. The first kappa shape index (κ1) is 23.8. The maximum absolute atomic E-state index is 4.91. The van der Waals surface area contributed by atoms with Crippen LogP contribution in [0.3, 0.4) is 0 Å². The number of allylic oxidation sites excluding steroid dienone is 1. The fourth-order valence-corrected chi connectivity index (χ4v) is 5.50. The summed E-state index contributed by atoms with van der Waals surface area (Å²) in [6.45, 7) is 12.7. The average Bonchev–Trinajstić information content (AvgIpc) is 3.25. The molecule has 1 unspecified atom stereocenters. The van der Waals surface area contributed by atoms with Gasteiger partial charge in [0.15, 0.2) is 0 Å². The van der Waals surface area contributed by atoms with E-state index in [9.17, 15) is 0 Å². The summed E-state index contributed by atoms with van der Waals surface area (Å²) in [5, 5.41) is 3.78. The van der Waals surface area contributed by atoms with Crippen LogP contribution >= 0.6 is 34.9 Å². The number of aromatic nitrogens is 1. The second-order valence-electron chi connectivity index (χ2n) is 6.28. The van der Waals surface area contributed by atoms with Crippen LogP contribution < -0.4 is 0 Å². The summed E-state index contributed by atoms with van der Waals surface area (Å²) in [5.41, 5.74) is 4.93. The quantitative estimate of drug-likeness (QED) is 0.337. The van der Waals surface area contributed by atoms with Crippen molar-refractivity contribution in [3.8, 4) is 10.6 Å². The molecular formula is C25H33NS3. The van der Waals surface area contributed by atoms with Gasteiger partial charge in [-0.15, -0.1) is 11.3 Å². The molecule has 0 fully saturated rings. The van der Waals surface area contributed by atoms with Gasteiger partial charge in [0.2, 0.25) is 0 Å². The molecule has 0 aliphatic carbocycles. The number of rotatable bonds is 7. The Morgan fingerprint density at radius 2 is 1.83 bits per heavy atom. The molecule has 0 spiro atoms. The normalized spacial score (nSPS) is 12.3. The Labute approximate surface area is 190 Å². The van der Waals surface area contributed by atoms with E-state index in [2.05, 4.69) is 87.7 Å². The maximum Gasteiger partial charge on any atom is 0.124 e. The first-order valence-corrected chi connectivity index (χ1v) is 12.9. The molecule has 0 amide bonds. The van der Waals surface area contributed by atoms with Crippen molar-refractivity contribution >= 4 is 39.8 Å². The van der Waals surface area contributed by atoms with Crippen molar-refractivity contribution < 1.29 is 1.43 Å². The molecule has 156 valence electrons. The summed E-state index contributed by atoms with van der Waals surface area (Å²) in [6.07, 6.45) is 2.16. The highest BCUT2D eigenvalue weighted by atomic mass is 32.2. The van der Waals surface area contributed by atoms with E-state index in [4.69, 9.17) is 4.98 Å². The van der Waals surface area contributed by atoms with Crippen molar-refractivity contribution in [2.24, 2.45) is 0 Å². The predicted molar refractivity (Wildman–Crippen MR) is 138 cm³/mol. The third-order valence-electron chi connectivity index (χ3n) is 4.38. The predicted octanol–water partition coefficient (Wildman–Crippen LogP) is 9.36. The van der Waals surface area contributed by atoms with Gasteiger partial charge in [0, 0.05) is 27.4 Å². The molecule has 2 aromatic carbocycles. The van der Waals surface area contributed by atoms with E-state index in [0.29, 0.717) is 5.25 Å². The summed E-state index contributed by atoms with van der Waals surface area (Å²) < 4.78 is 0. The third kappa shape index (κ3) is 6.50. The summed E-state index contributed by atoms with van der Waals surface area (Å²) in [6, 6.07) is 17.4. The fourth-order valence-electron chi connectivity index (χ4n) is 2.81. The minimum atomic E-state index is 0. The van der Waals surface area contributed by atoms with Crippen LogP contribution in [0.2, 0.25) is 0 Å². The first-order valence-electron chi connectivity index (χ1n) is 10.2. The maximum atomic E-state index is 4.91. The number of hydrogen-bond donors (Lipinski definition) is 0. The van der Waals surface area contributed by atoms with Crippen molar-refractivity contribution in [3.05, 3.63) is 76.8 Å². The highest BCUT2D eigenvalue weighted by Gasteiger charge is 2.12. The van der Waals surface area contributed by atoms with E-state index >= 15 is 0 Å². The zero-order chi connectivity index (χ0) is 21.2. The van der Waals surface area contributed by atoms with Crippen molar-refractivity contribution in [2.45, 2.75) is 51.7 Å². The second-order valence-corrected chi connectivity index (χ2v) is 9.84. The molecule has 0 aliphatic rings. The fraction of sp³-hybridized carbons (Fsp3) is 0.320. The van der Waals surface area contributed by atoms with Gasteiger partial charge < -0.3 is 0 Å². The topological polar surface area (TPSA) is 12.9 Å². The third-order valence-corrected chi connectivity index (χ3v) is 7.72. The van der Waals surface area contributed by atoms with Crippen LogP contribution in [0.15, 0.2) is 64.9 Å². The molecule has 0 aliphatic heterocycles. The Morgan fingerprint density at radius 1 is 1.14 bits per heavy atom. The van der Waals surface area contributed by atoms with E-state index < -0.39 is 0 Å². The molecule has 0 N–H and O–H groups in total. The van der Waals surface area contributed by atoms with Crippen LogP contribution in [0.25, 0.3) is 15.5 Å². The van der Waals surface area contributed by atoms with E-state index in [1.165, 1.54) is 26.5 Å². The smallest absolute Gasteiger partial charge is 0.124 e. The molecular weight excluding hydrogens is 410 g/mol. The Kier molecular flexibility index (Phi) is 10.1. The van der Waals surface area contributed by atoms with E-state index in [-0.39, 0.29) is 1.43 Å². The minimum Gasteiger partial charge on any atom is -0.236 e. The molecule has 0 saturated heterocycles. The Hall–Kier alpha value is -1.49. The Bertz CT molecular complexity index is 916. The van der Waals surface area contributed by atoms with Gasteiger partial charge in [-0.25, -0.2) is 4.98 Å². The molecule has 1 atom stereocenters. The molecule has 0 saturated carbocycles. The van der Waals surface area contributed by atoms with Gasteiger partial charge in [-0.1, -0.05) is 81.1 Å². The molecule has 1 heterocycles. The number of hydrogen-bond acceptors (Lipinski definition) is 4. The molecule has 0 bridgehead atoms. The Balaban J connectivity index is 0.00000146. The number of thiazole rings is 1. The van der Waals surface area contributed by atoms with Gasteiger partial charge in [0.05, 0.1) is 5.69 Å². The first-order chi connectivity index (χ1) is 14.1. The van der Waals surface area contributed by atoms with Gasteiger partial charge in [0.25, 0.3) is 0 Å². The summed E-state index contributed by atoms with van der Waals surface area (Å²) in [7, 11) is 0. The SMILES string of the molecule is C/C=C(/Sc1ccccc1C)c1csc(-c2ccc(C(C)SCC)cc2)n1.CC.[HH]. The van der Waals surface area contributed by atoms with Gasteiger partial charge in [-0.05, 0) is 43.7 Å². The van der Waals surface area contributed by atoms with Crippen molar-refractivity contribution in [1.29, 1.82) is 0 Å². The summed E-state index contributed by atoms with van der Waals surface area (Å²) in [4.78, 5) is 7.40. The van der Waals surface area contributed by atoms with Crippen LogP contribution in [0.5, 0.6) is 0 Å². The largest absolute Gasteiger partial charge is 0.236 e. The summed E-state index contributed by atoms with van der Waals surface area (Å²) in [5.74, 6) is 1.14. The number of thioether (sulfide) groups is 2. The molecule has 0 radical (unpaired) electrons. The van der Waals surface area contributed by atoms with E-state index in [1.807, 2.05) is 25.6 Å².